The van der Waals surface area contributed by atoms with E-state index in [4.69, 9.17) is 0 Å². The summed E-state index contributed by atoms with van der Waals surface area (Å²) in [5, 5.41) is 5.84. The molecule has 0 saturated carbocycles. The van der Waals surface area contributed by atoms with Gasteiger partial charge in [0.05, 0.1) is 0 Å². The Labute approximate surface area is 191 Å². The van der Waals surface area contributed by atoms with Gasteiger partial charge in [-0.1, -0.05) is 85.0 Å². The van der Waals surface area contributed by atoms with Crippen molar-refractivity contribution < 1.29 is 14.4 Å². The van der Waals surface area contributed by atoms with E-state index in [1.165, 1.54) is 44.9 Å². The molecular formula is C26H50N2O3. The van der Waals surface area contributed by atoms with Gasteiger partial charge in [0, 0.05) is 38.3 Å². The highest BCUT2D eigenvalue weighted by atomic mass is 16.2. The minimum atomic E-state index is -0.389. The Morgan fingerprint density at radius 1 is 0.613 bits per heavy atom. The molecule has 0 aliphatic heterocycles. The number of carbonyl (C=O) groups is 3. The van der Waals surface area contributed by atoms with Crippen LogP contribution in [-0.4, -0.2) is 30.7 Å². The van der Waals surface area contributed by atoms with Gasteiger partial charge in [0.2, 0.25) is 11.8 Å². The lowest BCUT2D eigenvalue weighted by Crippen LogP contribution is -2.34. The third kappa shape index (κ3) is 19.1. The Bertz CT molecular complexity index is 466. The van der Waals surface area contributed by atoms with Gasteiger partial charge in [0.1, 0.15) is 5.78 Å². The average molecular weight is 439 g/mol. The first kappa shape index (κ1) is 29.6. The van der Waals surface area contributed by atoms with Gasteiger partial charge in [-0.3, -0.25) is 14.4 Å². The van der Waals surface area contributed by atoms with E-state index in [0.717, 1.165) is 38.5 Å². The lowest BCUT2D eigenvalue weighted by Gasteiger charge is -2.16. The van der Waals surface area contributed by atoms with Gasteiger partial charge < -0.3 is 10.6 Å². The molecule has 0 aliphatic carbocycles. The summed E-state index contributed by atoms with van der Waals surface area (Å²) in [6.45, 7) is 7.72. The fourth-order valence-corrected chi connectivity index (χ4v) is 3.67. The summed E-state index contributed by atoms with van der Waals surface area (Å²) in [6, 6.07) is 0. The Kier molecular flexibility index (Phi) is 20.8. The van der Waals surface area contributed by atoms with Gasteiger partial charge in [0.25, 0.3) is 0 Å². The third-order valence-electron chi connectivity index (χ3n) is 5.81. The summed E-state index contributed by atoms with van der Waals surface area (Å²) in [5.41, 5.74) is 0. The van der Waals surface area contributed by atoms with Crippen LogP contribution >= 0.6 is 0 Å². The highest BCUT2D eigenvalue weighted by molar-refractivity contribution is 5.87. The summed E-state index contributed by atoms with van der Waals surface area (Å²) >= 11 is 0. The van der Waals surface area contributed by atoms with Crippen molar-refractivity contribution in [3.63, 3.8) is 0 Å². The molecule has 5 nitrogen and oxygen atoms in total. The molecule has 0 fully saturated rings. The monoisotopic (exact) mass is 438 g/mol. The molecule has 2 amide bonds. The minimum Gasteiger partial charge on any atom is -0.356 e. The number of amides is 2. The molecular weight excluding hydrogens is 388 g/mol. The average Bonchev–Trinajstić information content (AvgIpc) is 2.75. The highest BCUT2D eigenvalue weighted by Gasteiger charge is 2.22. The van der Waals surface area contributed by atoms with Crippen LogP contribution in [0.2, 0.25) is 0 Å². The molecule has 5 heteroatoms. The van der Waals surface area contributed by atoms with Crippen molar-refractivity contribution in [1.29, 1.82) is 0 Å². The number of rotatable bonds is 22. The van der Waals surface area contributed by atoms with Crippen molar-refractivity contribution >= 4 is 17.6 Å². The van der Waals surface area contributed by atoms with E-state index >= 15 is 0 Å². The third-order valence-corrected chi connectivity index (χ3v) is 5.81. The fourth-order valence-electron chi connectivity index (χ4n) is 3.67. The molecule has 0 spiro atoms. The van der Waals surface area contributed by atoms with Crippen LogP contribution < -0.4 is 10.6 Å². The smallest absolute Gasteiger partial charge is 0.223 e. The molecule has 0 bridgehead atoms. The lowest BCUT2D eigenvalue weighted by atomic mass is 9.93. The van der Waals surface area contributed by atoms with Crippen LogP contribution in [0.4, 0.5) is 0 Å². The first-order valence-electron chi connectivity index (χ1n) is 13.1. The first-order valence-corrected chi connectivity index (χ1v) is 13.1. The molecule has 1 unspecified atom stereocenters. The van der Waals surface area contributed by atoms with E-state index in [1.807, 2.05) is 0 Å². The van der Waals surface area contributed by atoms with Gasteiger partial charge in [0.15, 0.2) is 0 Å². The van der Waals surface area contributed by atoms with Crippen LogP contribution in [0, 0.1) is 5.92 Å². The standard InChI is InChI=1S/C26H50N2O3/c1-4-7-10-11-12-13-14-15-16-17-24(29)22-23(26(31)28-21-9-6-3)18-19-25(30)27-20-8-5-2/h23H,4-22H2,1-3H3,(H,27,30)(H,28,31). The van der Waals surface area contributed by atoms with Crippen LogP contribution in [0.3, 0.4) is 0 Å². The minimum absolute atomic E-state index is 0.0220. The zero-order chi connectivity index (χ0) is 23.2. The van der Waals surface area contributed by atoms with E-state index in [9.17, 15) is 14.4 Å². The summed E-state index contributed by atoms with van der Waals surface area (Å²) < 4.78 is 0. The highest BCUT2D eigenvalue weighted by Crippen LogP contribution is 2.16. The number of nitrogens with one attached hydrogen (secondary N) is 2. The van der Waals surface area contributed by atoms with Crippen molar-refractivity contribution in [3.8, 4) is 0 Å². The quantitative estimate of drug-likeness (QED) is 0.201. The molecule has 0 aromatic heterocycles. The Morgan fingerprint density at radius 3 is 1.71 bits per heavy atom. The van der Waals surface area contributed by atoms with Crippen molar-refractivity contribution in [2.75, 3.05) is 13.1 Å². The number of Topliss-reactive ketones (excluding diaryl/α,β-unsaturated/α-hetero) is 1. The first-order chi connectivity index (χ1) is 15.0. The van der Waals surface area contributed by atoms with Crippen LogP contribution in [0.15, 0.2) is 0 Å². The molecule has 182 valence electrons. The second-order valence-electron chi connectivity index (χ2n) is 8.90. The van der Waals surface area contributed by atoms with Gasteiger partial charge in [-0.25, -0.2) is 0 Å². The van der Waals surface area contributed by atoms with Crippen LogP contribution in [0.5, 0.6) is 0 Å². The van der Waals surface area contributed by atoms with Crippen molar-refractivity contribution in [2.24, 2.45) is 5.92 Å². The molecule has 1 atom stereocenters. The van der Waals surface area contributed by atoms with E-state index in [0.29, 0.717) is 32.4 Å². The number of unbranched alkanes of at least 4 members (excludes halogenated alkanes) is 10. The topological polar surface area (TPSA) is 75.3 Å². The van der Waals surface area contributed by atoms with Gasteiger partial charge >= 0.3 is 0 Å². The number of hydrogen-bond donors (Lipinski definition) is 2. The largest absolute Gasteiger partial charge is 0.356 e. The van der Waals surface area contributed by atoms with Crippen molar-refractivity contribution in [2.45, 2.75) is 130 Å². The maximum atomic E-state index is 12.6. The van der Waals surface area contributed by atoms with Crippen LogP contribution in [0.25, 0.3) is 0 Å². The van der Waals surface area contributed by atoms with Crippen molar-refractivity contribution in [3.05, 3.63) is 0 Å². The van der Waals surface area contributed by atoms with Crippen molar-refractivity contribution in [1.82, 2.24) is 10.6 Å². The van der Waals surface area contributed by atoms with Gasteiger partial charge in [-0.05, 0) is 25.7 Å². The molecule has 0 saturated heterocycles. The maximum absolute atomic E-state index is 12.6. The van der Waals surface area contributed by atoms with Gasteiger partial charge in [-0.2, -0.15) is 0 Å². The van der Waals surface area contributed by atoms with E-state index in [1.54, 1.807) is 0 Å². The van der Waals surface area contributed by atoms with Gasteiger partial charge in [-0.15, -0.1) is 0 Å². The number of ketones is 1. The Morgan fingerprint density at radius 2 is 1.13 bits per heavy atom. The SMILES string of the molecule is CCCCCCCCCCCC(=O)CC(CCC(=O)NCCCC)C(=O)NCCCC. The van der Waals surface area contributed by atoms with Crippen LogP contribution in [-0.2, 0) is 14.4 Å². The molecule has 0 aromatic rings. The molecule has 0 radical (unpaired) electrons. The zero-order valence-corrected chi connectivity index (χ0v) is 20.7. The second kappa shape index (κ2) is 21.8. The molecule has 31 heavy (non-hydrogen) atoms. The fraction of sp³-hybridized carbons (Fsp3) is 0.885. The predicted octanol–water partition coefficient (Wildman–Crippen LogP) is 6.10. The zero-order valence-electron chi connectivity index (χ0n) is 20.7. The van der Waals surface area contributed by atoms with E-state index in [2.05, 4.69) is 31.4 Å². The summed E-state index contributed by atoms with van der Waals surface area (Å²) in [5.74, 6) is -0.328. The van der Waals surface area contributed by atoms with Crippen LogP contribution in [0.1, 0.15) is 130 Å². The Balaban J connectivity index is 4.23. The lowest BCUT2D eigenvalue weighted by molar-refractivity contribution is -0.130. The molecule has 0 heterocycles. The number of hydrogen-bond acceptors (Lipinski definition) is 3. The second-order valence-corrected chi connectivity index (χ2v) is 8.90. The molecule has 0 aliphatic rings. The molecule has 0 rings (SSSR count). The summed E-state index contributed by atoms with van der Waals surface area (Å²) in [6.07, 6.45) is 16.5. The van der Waals surface area contributed by atoms with E-state index < -0.39 is 0 Å². The van der Waals surface area contributed by atoms with E-state index in [-0.39, 0.29) is 29.9 Å². The molecule has 0 aromatic carbocycles. The maximum Gasteiger partial charge on any atom is 0.223 e. The molecule has 2 N–H and O–H groups in total. The summed E-state index contributed by atoms with van der Waals surface area (Å²) in [4.78, 5) is 37.0. The summed E-state index contributed by atoms with van der Waals surface area (Å²) in [7, 11) is 0. The normalized spacial score (nSPS) is 11.8. The Hall–Kier alpha value is -1.39. The number of carbonyl (C=O) groups excluding carboxylic acids is 3. The predicted molar refractivity (Wildman–Crippen MR) is 130 cm³/mol.